The lowest BCUT2D eigenvalue weighted by Gasteiger charge is -2.23. The van der Waals surface area contributed by atoms with E-state index in [9.17, 15) is 4.79 Å². The number of nitrogens with two attached hydrogens (primary N) is 1. The van der Waals surface area contributed by atoms with Crippen molar-refractivity contribution in [3.63, 3.8) is 0 Å². The number of carbonyl (C=O) groups excluding carboxylic acids is 1. The van der Waals surface area contributed by atoms with Crippen LogP contribution in [0.3, 0.4) is 0 Å². The molecule has 72 valence electrons. The minimum atomic E-state index is -0.0168. The Kier molecular flexibility index (Phi) is 2.22. The number of benzene rings is 1. The van der Waals surface area contributed by atoms with Crippen LogP contribution in [-0.2, 0) is 0 Å². The van der Waals surface area contributed by atoms with Crippen molar-refractivity contribution in [3.05, 3.63) is 41.5 Å². The van der Waals surface area contributed by atoms with Gasteiger partial charge < -0.3 is 5.73 Å². The predicted octanol–water partition coefficient (Wildman–Crippen LogP) is 2.31. The van der Waals surface area contributed by atoms with Gasteiger partial charge in [0.1, 0.15) is 0 Å². The van der Waals surface area contributed by atoms with Gasteiger partial charge in [-0.15, -0.1) is 0 Å². The van der Waals surface area contributed by atoms with E-state index >= 15 is 0 Å². The quantitative estimate of drug-likeness (QED) is 0.733. The van der Waals surface area contributed by atoms with Crippen LogP contribution in [0.25, 0.3) is 6.08 Å². The molecule has 0 heterocycles. The van der Waals surface area contributed by atoms with E-state index in [0.717, 1.165) is 23.1 Å². The summed E-state index contributed by atoms with van der Waals surface area (Å²) < 4.78 is 0. The lowest BCUT2D eigenvalue weighted by molar-refractivity contribution is 0.0967. The molecule has 0 amide bonds. The Bertz CT molecular complexity index is 395. The average molecular weight is 187 g/mol. The number of rotatable bonds is 1. The van der Waals surface area contributed by atoms with E-state index in [1.165, 1.54) is 0 Å². The number of hydrogen-bond donors (Lipinski definition) is 1. The first-order valence-electron chi connectivity index (χ1n) is 4.78. The topological polar surface area (TPSA) is 43.1 Å². The van der Waals surface area contributed by atoms with Crippen LogP contribution in [-0.4, -0.2) is 5.78 Å². The summed E-state index contributed by atoms with van der Waals surface area (Å²) >= 11 is 0. The molecule has 0 aromatic heterocycles. The van der Waals surface area contributed by atoms with Crippen LogP contribution in [0.4, 0.5) is 0 Å². The van der Waals surface area contributed by atoms with E-state index < -0.39 is 0 Å². The van der Waals surface area contributed by atoms with Gasteiger partial charge in [0.2, 0.25) is 0 Å². The third-order valence-electron chi connectivity index (χ3n) is 2.71. The zero-order valence-corrected chi connectivity index (χ0v) is 7.99. The molecule has 2 heteroatoms. The smallest absolute Gasteiger partial charge is 0.163 e. The van der Waals surface area contributed by atoms with Gasteiger partial charge >= 0.3 is 0 Å². The minimum Gasteiger partial charge on any atom is -0.324 e. The van der Waals surface area contributed by atoms with Crippen molar-refractivity contribution >= 4 is 11.9 Å². The third-order valence-corrected chi connectivity index (χ3v) is 2.71. The number of fused-ring (bicyclic) bond motifs is 1. The highest BCUT2D eigenvalue weighted by molar-refractivity contribution is 5.99. The number of hydrogen-bond acceptors (Lipinski definition) is 2. The largest absolute Gasteiger partial charge is 0.324 e. The van der Waals surface area contributed by atoms with E-state index in [1.807, 2.05) is 18.2 Å². The number of carbonyl (C=O) groups is 1. The molecule has 0 fully saturated rings. The summed E-state index contributed by atoms with van der Waals surface area (Å²) in [5.41, 5.74) is 8.72. The molecular weight excluding hydrogens is 174 g/mol. The van der Waals surface area contributed by atoms with E-state index in [0.29, 0.717) is 6.42 Å². The molecule has 0 bridgehead atoms. The molecule has 1 aromatic carbocycles. The van der Waals surface area contributed by atoms with E-state index in [-0.39, 0.29) is 11.8 Å². The first-order chi connectivity index (χ1) is 6.74. The average Bonchev–Trinajstić information content (AvgIpc) is 2.23. The monoisotopic (exact) mass is 187 g/mol. The Morgan fingerprint density at radius 2 is 2.29 bits per heavy atom. The predicted molar refractivity (Wildman–Crippen MR) is 57.0 cm³/mol. The summed E-state index contributed by atoms with van der Waals surface area (Å²) in [5, 5.41) is 0. The summed E-state index contributed by atoms with van der Waals surface area (Å²) in [7, 11) is 0. The van der Waals surface area contributed by atoms with Gasteiger partial charge in [0.25, 0.3) is 0 Å². The number of Topliss-reactive ketones (excluding diaryl/α,β-unsaturated/α-hetero) is 1. The highest BCUT2D eigenvalue weighted by atomic mass is 16.1. The maximum Gasteiger partial charge on any atom is 0.163 e. The zero-order chi connectivity index (χ0) is 10.1. The zero-order valence-electron chi connectivity index (χ0n) is 7.99. The van der Waals surface area contributed by atoms with Gasteiger partial charge in [-0.2, -0.15) is 0 Å². The van der Waals surface area contributed by atoms with E-state index in [1.54, 1.807) is 6.08 Å². The highest BCUT2D eigenvalue weighted by Crippen LogP contribution is 2.31. The Morgan fingerprint density at radius 1 is 1.50 bits per heavy atom. The van der Waals surface area contributed by atoms with E-state index in [4.69, 9.17) is 5.73 Å². The Labute approximate surface area is 83.4 Å². The molecule has 14 heavy (non-hydrogen) atoms. The van der Waals surface area contributed by atoms with Crippen molar-refractivity contribution in [2.75, 3.05) is 0 Å². The first-order valence-corrected chi connectivity index (χ1v) is 4.78. The summed E-state index contributed by atoms with van der Waals surface area (Å²) in [6.45, 7) is 3.73. The maximum atomic E-state index is 11.6. The fourth-order valence-electron chi connectivity index (χ4n) is 1.98. The molecule has 2 N–H and O–H groups in total. The van der Waals surface area contributed by atoms with Crippen LogP contribution >= 0.6 is 0 Å². The molecule has 2 nitrogen and oxygen atoms in total. The third kappa shape index (κ3) is 1.28. The summed E-state index contributed by atoms with van der Waals surface area (Å²) in [6, 6.07) is 5.66. The van der Waals surface area contributed by atoms with Gasteiger partial charge in [0.05, 0.1) is 0 Å². The van der Waals surface area contributed by atoms with Crippen LogP contribution in [0.5, 0.6) is 0 Å². The summed E-state index contributed by atoms with van der Waals surface area (Å²) in [6.07, 6.45) is 3.07. The van der Waals surface area contributed by atoms with Crippen molar-refractivity contribution in [2.45, 2.75) is 18.9 Å². The molecule has 1 aromatic rings. The van der Waals surface area contributed by atoms with Gasteiger partial charge in [-0.05, 0) is 17.5 Å². The molecule has 0 saturated carbocycles. The van der Waals surface area contributed by atoms with Crippen molar-refractivity contribution in [1.29, 1.82) is 0 Å². The molecule has 1 unspecified atom stereocenters. The van der Waals surface area contributed by atoms with Gasteiger partial charge in [-0.3, -0.25) is 4.79 Å². The lowest BCUT2D eigenvalue weighted by Crippen LogP contribution is -2.22. The fraction of sp³-hybridized carbons (Fsp3) is 0.250. The first kappa shape index (κ1) is 9.16. The second kappa shape index (κ2) is 3.39. The van der Waals surface area contributed by atoms with Crippen LogP contribution in [0.2, 0.25) is 0 Å². The van der Waals surface area contributed by atoms with Crippen molar-refractivity contribution < 1.29 is 4.79 Å². The summed E-state index contributed by atoms with van der Waals surface area (Å²) in [4.78, 5) is 11.6. The second-order valence-corrected chi connectivity index (χ2v) is 3.58. The van der Waals surface area contributed by atoms with Gasteiger partial charge in [0.15, 0.2) is 5.78 Å². The SMILES string of the molecule is C=Cc1cccc2c1C(N)CCC2=O. The Hall–Kier alpha value is -1.41. The second-order valence-electron chi connectivity index (χ2n) is 3.58. The fourth-order valence-corrected chi connectivity index (χ4v) is 1.98. The van der Waals surface area contributed by atoms with Crippen LogP contribution < -0.4 is 5.73 Å². The van der Waals surface area contributed by atoms with E-state index in [2.05, 4.69) is 6.58 Å². The Morgan fingerprint density at radius 3 is 3.00 bits per heavy atom. The standard InChI is InChI=1S/C12H13NO/c1-2-8-4-3-5-9-11(14)7-6-10(13)12(8)9/h2-5,10H,1,6-7,13H2. The molecule has 2 rings (SSSR count). The van der Waals surface area contributed by atoms with Crippen molar-refractivity contribution in [1.82, 2.24) is 0 Å². The molecule has 1 aliphatic carbocycles. The van der Waals surface area contributed by atoms with Crippen molar-refractivity contribution in [3.8, 4) is 0 Å². The van der Waals surface area contributed by atoms with Crippen LogP contribution in [0.1, 0.15) is 40.4 Å². The van der Waals surface area contributed by atoms with Crippen LogP contribution in [0.15, 0.2) is 24.8 Å². The molecule has 1 aliphatic rings. The molecule has 1 atom stereocenters. The molecular formula is C12H13NO. The Balaban J connectivity index is 2.65. The van der Waals surface area contributed by atoms with Crippen LogP contribution in [0, 0.1) is 0 Å². The summed E-state index contributed by atoms with van der Waals surface area (Å²) in [5.74, 6) is 0.199. The lowest BCUT2D eigenvalue weighted by atomic mass is 9.84. The normalized spacial score (nSPS) is 20.4. The van der Waals surface area contributed by atoms with Gasteiger partial charge in [0, 0.05) is 18.0 Å². The maximum absolute atomic E-state index is 11.6. The molecule has 0 radical (unpaired) electrons. The molecule has 0 saturated heterocycles. The van der Waals surface area contributed by atoms with Gasteiger partial charge in [-0.1, -0.05) is 30.9 Å². The molecule has 0 aliphatic heterocycles. The number of ketones is 1. The molecule has 0 spiro atoms. The minimum absolute atomic E-state index is 0.0168. The van der Waals surface area contributed by atoms with Gasteiger partial charge in [-0.25, -0.2) is 0 Å². The van der Waals surface area contributed by atoms with Crippen molar-refractivity contribution in [2.24, 2.45) is 5.73 Å². The highest BCUT2D eigenvalue weighted by Gasteiger charge is 2.24.